The van der Waals surface area contributed by atoms with Crippen LogP contribution >= 0.6 is 0 Å². The number of carbonyl (C=O) groups is 1. The van der Waals surface area contributed by atoms with Crippen LogP contribution in [-0.2, 0) is 4.79 Å². The molecule has 0 aliphatic rings. The van der Waals surface area contributed by atoms with Crippen LogP contribution in [0.3, 0.4) is 0 Å². The monoisotopic (exact) mass is 314 g/mol. The molecule has 2 aromatic rings. The highest BCUT2D eigenvalue weighted by Crippen LogP contribution is 2.10. The molecule has 5 nitrogen and oxygen atoms in total. The Kier molecular flexibility index (Phi) is 7.10. The van der Waals surface area contributed by atoms with Gasteiger partial charge in [-0.3, -0.25) is 4.79 Å². The number of amides is 1. The van der Waals surface area contributed by atoms with E-state index in [0.717, 1.165) is 5.56 Å². The summed E-state index contributed by atoms with van der Waals surface area (Å²) in [5.74, 6) is 0.506. The molecule has 0 aliphatic carbocycles. The van der Waals surface area contributed by atoms with Gasteiger partial charge in [0, 0.05) is 19.6 Å². The highest BCUT2D eigenvalue weighted by molar-refractivity contribution is 5.77. The van der Waals surface area contributed by atoms with Gasteiger partial charge in [0.05, 0.1) is 6.10 Å². The first kappa shape index (κ1) is 17.0. The van der Waals surface area contributed by atoms with Crippen molar-refractivity contribution in [2.75, 3.05) is 26.2 Å². The van der Waals surface area contributed by atoms with Crippen LogP contribution in [0, 0.1) is 0 Å². The Bertz CT molecular complexity index is 575. The van der Waals surface area contributed by atoms with Gasteiger partial charge < -0.3 is 20.5 Å². The maximum absolute atomic E-state index is 11.6. The van der Waals surface area contributed by atoms with Crippen LogP contribution in [0.4, 0.5) is 0 Å². The van der Waals surface area contributed by atoms with E-state index in [2.05, 4.69) is 10.6 Å². The van der Waals surface area contributed by atoms with Gasteiger partial charge in [0.25, 0.3) is 5.91 Å². The SMILES string of the molecule is O=C(COc1ccccc1)NCCNC[C@H](O)c1ccccc1. The summed E-state index contributed by atoms with van der Waals surface area (Å²) < 4.78 is 5.35. The predicted octanol–water partition coefficient (Wildman–Crippen LogP) is 1.50. The van der Waals surface area contributed by atoms with Crippen molar-refractivity contribution in [2.45, 2.75) is 6.10 Å². The molecule has 0 radical (unpaired) electrons. The first-order valence-corrected chi connectivity index (χ1v) is 7.64. The maximum atomic E-state index is 11.6. The highest BCUT2D eigenvalue weighted by atomic mass is 16.5. The molecule has 0 unspecified atom stereocenters. The lowest BCUT2D eigenvalue weighted by Gasteiger charge is -2.12. The summed E-state index contributed by atoms with van der Waals surface area (Å²) in [7, 11) is 0. The minimum Gasteiger partial charge on any atom is -0.484 e. The minimum atomic E-state index is -0.548. The molecular weight excluding hydrogens is 292 g/mol. The van der Waals surface area contributed by atoms with Crippen LogP contribution in [-0.4, -0.2) is 37.3 Å². The summed E-state index contributed by atoms with van der Waals surface area (Å²) in [5.41, 5.74) is 0.875. The number of para-hydroxylation sites is 1. The molecule has 122 valence electrons. The van der Waals surface area contributed by atoms with E-state index in [4.69, 9.17) is 4.74 Å². The molecule has 1 amide bonds. The second kappa shape index (κ2) is 9.61. The molecule has 2 aromatic carbocycles. The third-order valence-corrected chi connectivity index (χ3v) is 3.26. The van der Waals surface area contributed by atoms with Crippen molar-refractivity contribution in [1.82, 2.24) is 10.6 Å². The largest absolute Gasteiger partial charge is 0.484 e. The zero-order valence-electron chi connectivity index (χ0n) is 12.9. The fourth-order valence-corrected chi connectivity index (χ4v) is 2.04. The lowest BCUT2D eigenvalue weighted by atomic mass is 10.1. The third-order valence-electron chi connectivity index (χ3n) is 3.26. The van der Waals surface area contributed by atoms with Crippen molar-refractivity contribution < 1.29 is 14.6 Å². The predicted molar refractivity (Wildman–Crippen MR) is 89.2 cm³/mol. The molecular formula is C18H22N2O3. The second-order valence-corrected chi connectivity index (χ2v) is 5.08. The molecule has 2 rings (SSSR count). The number of aliphatic hydroxyl groups is 1. The fourth-order valence-electron chi connectivity index (χ4n) is 2.04. The van der Waals surface area contributed by atoms with E-state index >= 15 is 0 Å². The smallest absolute Gasteiger partial charge is 0.257 e. The normalized spacial score (nSPS) is 11.7. The van der Waals surface area contributed by atoms with Crippen LogP contribution in [0.15, 0.2) is 60.7 Å². The molecule has 0 saturated carbocycles. The number of rotatable bonds is 9. The lowest BCUT2D eigenvalue weighted by molar-refractivity contribution is -0.123. The number of hydrogen-bond acceptors (Lipinski definition) is 4. The van der Waals surface area contributed by atoms with Crippen molar-refractivity contribution in [3.63, 3.8) is 0 Å². The summed E-state index contributed by atoms with van der Waals surface area (Å²) in [4.78, 5) is 11.6. The lowest BCUT2D eigenvalue weighted by Crippen LogP contribution is -2.35. The van der Waals surface area contributed by atoms with E-state index in [0.29, 0.717) is 25.4 Å². The molecule has 0 aliphatic heterocycles. The third kappa shape index (κ3) is 6.50. The summed E-state index contributed by atoms with van der Waals surface area (Å²) in [6.45, 7) is 1.51. The Morgan fingerprint density at radius 2 is 1.65 bits per heavy atom. The zero-order chi connectivity index (χ0) is 16.3. The van der Waals surface area contributed by atoms with Gasteiger partial charge in [0.2, 0.25) is 0 Å². The van der Waals surface area contributed by atoms with Gasteiger partial charge in [0.15, 0.2) is 6.61 Å². The molecule has 23 heavy (non-hydrogen) atoms. The van der Waals surface area contributed by atoms with Gasteiger partial charge in [-0.2, -0.15) is 0 Å². The van der Waals surface area contributed by atoms with Crippen LogP contribution in [0.5, 0.6) is 5.75 Å². The summed E-state index contributed by atoms with van der Waals surface area (Å²) in [5, 5.41) is 15.8. The Labute approximate surface area is 136 Å². The average Bonchev–Trinajstić information content (AvgIpc) is 2.61. The van der Waals surface area contributed by atoms with Gasteiger partial charge in [-0.15, -0.1) is 0 Å². The van der Waals surface area contributed by atoms with Crippen LogP contribution in [0.2, 0.25) is 0 Å². The van der Waals surface area contributed by atoms with Gasteiger partial charge in [-0.1, -0.05) is 48.5 Å². The van der Waals surface area contributed by atoms with Crippen molar-refractivity contribution in [3.8, 4) is 5.75 Å². The highest BCUT2D eigenvalue weighted by Gasteiger charge is 2.06. The van der Waals surface area contributed by atoms with Crippen LogP contribution in [0.1, 0.15) is 11.7 Å². The molecule has 0 spiro atoms. The Morgan fingerprint density at radius 1 is 1.00 bits per heavy atom. The first-order valence-electron chi connectivity index (χ1n) is 7.64. The molecule has 1 atom stereocenters. The number of ether oxygens (including phenoxy) is 1. The van der Waals surface area contributed by atoms with Gasteiger partial charge in [-0.25, -0.2) is 0 Å². The quantitative estimate of drug-likeness (QED) is 0.614. The van der Waals surface area contributed by atoms with E-state index in [-0.39, 0.29) is 12.5 Å². The number of benzene rings is 2. The Morgan fingerprint density at radius 3 is 2.35 bits per heavy atom. The molecule has 0 fully saturated rings. The topological polar surface area (TPSA) is 70.6 Å². The van der Waals surface area contributed by atoms with E-state index in [9.17, 15) is 9.90 Å². The molecule has 0 heterocycles. The van der Waals surface area contributed by atoms with Gasteiger partial charge >= 0.3 is 0 Å². The van der Waals surface area contributed by atoms with E-state index < -0.39 is 6.10 Å². The molecule has 3 N–H and O–H groups in total. The number of hydrogen-bond donors (Lipinski definition) is 3. The summed E-state index contributed by atoms with van der Waals surface area (Å²) >= 11 is 0. The Hall–Kier alpha value is -2.37. The number of nitrogens with one attached hydrogen (secondary N) is 2. The Balaban J connectivity index is 1.54. The maximum Gasteiger partial charge on any atom is 0.257 e. The van der Waals surface area contributed by atoms with Crippen LogP contribution < -0.4 is 15.4 Å². The standard InChI is InChI=1S/C18H22N2O3/c21-17(15-7-3-1-4-8-15)13-19-11-12-20-18(22)14-23-16-9-5-2-6-10-16/h1-10,17,19,21H,11-14H2,(H,20,22)/t17-/m0/s1. The number of carbonyl (C=O) groups excluding carboxylic acids is 1. The van der Waals surface area contributed by atoms with Crippen molar-refractivity contribution in [2.24, 2.45) is 0 Å². The average molecular weight is 314 g/mol. The summed E-state index contributed by atoms with van der Waals surface area (Å²) in [6.07, 6.45) is -0.548. The van der Waals surface area contributed by atoms with E-state index in [1.807, 2.05) is 48.5 Å². The first-order chi connectivity index (χ1) is 11.3. The minimum absolute atomic E-state index is 0.00332. The zero-order valence-corrected chi connectivity index (χ0v) is 12.9. The van der Waals surface area contributed by atoms with E-state index in [1.165, 1.54) is 0 Å². The van der Waals surface area contributed by atoms with E-state index in [1.54, 1.807) is 12.1 Å². The molecule has 5 heteroatoms. The molecule has 0 bridgehead atoms. The number of aliphatic hydroxyl groups excluding tert-OH is 1. The van der Waals surface area contributed by atoms with Crippen molar-refractivity contribution in [1.29, 1.82) is 0 Å². The van der Waals surface area contributed by atoms with Gasteiger partial charge in [0.1, 0.15) is 5.75 Å². The molecule has 0 saturated heterocycles. The van der Waals surface area contributed by atoms with Crippen molar-refractivity contribution in [3.05, 3.63) is 66.2 Å². The van der Waals surface area contributed by atoms with Crippen molar-refractivity contribution >= 4 is 5.91 Å². The molecule has 0 aromatic heterocycles. The fraction of sp³-hybridized carbons (Fsp3) is 0.278. The summed E-state index contributed by atoms with van der Waals surface area (Å²) in [6, 6.07) is 18.7. The van der Waals surface area contributed by atoms with Gasteiger partial charge in [-0.05, 0) is 17.7 Å². The van der Waals surface area contributed by atoms with Crippen LogP contribution in [0.25, 0.3) is 0 Å². The second-order valence-electron chi connectivity index (χ2n) is 5.08.